The second-order valence-corrected chi connectivity index (χ2v) is 6.29. The topological polar surface area (TPSA) is 59.5 Å². The Kier molecular flexibility index (Phi) is 4.11. The van der Waals surface area contributed by atoms with Gasteiger partial charge >= 0.3 is 0 Å². The van der Waals surface area contributed by atoms with Gasteiger partial charge in [-0.1, -0.05) is 12.8 Å². The van der Waals surface area contributed by atoms with E-state index >= 15 is 0 Å². The Morgan fingerprint density at radius 2 is 1.75 bits per heavy atom. The summed E-state index contributed by atoms with van der Waals surface area (Å²) in [5.74, 6) is 3.17. The summed E-state index contributed by atoms with van der Waals surface area (Å²) in [6, 6.07) is 7.78. The number of fused-ring (bicyclic) bond motifs is 1. The van der Waals surface area contributed by atoms with Gasteiger partial charge in [-0.05, 0) is 31.9 Å². The third kappa shape index (κ3) is 3.22. The van der Waals surface area contributed by atoms with E-state index in [0.717, 1.165) is 47.7 Å². The molecule has 6 heteroatoms. The highest BCUT2D eigenvalue weighted by Gasteiger charge is 2.16. The minimum Gasteiger partial charge on any atom is -0.454 e. The van der Waals surface area contributed by atoms with E-state index in [1.807, 2.05) is 31.2 Å². The lowest BCUT2D eigenvalue weighted by Gasteiger charge is -2.21. The van der Waals surface area contributed by atoms with Crippen molar-refractivity contribution < 1.29 is 9.47 Å². The minimum absolute atomic E-state index is 0.282. The van der Waals surface area contributed by atoms with Gasteiger partial charge < -0.3 is 19.7 Å². The van der Waals surface area contributed by atoms with Crippen molar-refractivity contribution in [1.82, 2.24) is 9.97 Å². The van der Waals surface area contributed by atoms with Gasteiger partial charge in [0.1, 0.15) is 5.82 Å². The molecule has 0 unspecified atom stereocenters. The standard InChI is InChI=1S/C18H22N4O2/c1-13-10-17(20-14-6-7-15-16(11-14)24-12-23-15)21-18(19-13)22-8-4-2-3-5-9-22/h6-7,10-11H,2-5,8-9,12H2,1H3,(H,19,20,21). The summed E-state index contributed by atoms with van der Waals surface area (Å²) in [5, 5.41) is 3.36. The third-order valence-electron chi connectivity index (χ3n) is 4.38. The molecule has 3 heterocycles. The highest BCUT2D eigenvalue weighted by Crippen LogP contribution is 2.35. The van der Waals surface area contributed by atoms with Gasteiger partial charge in [-0.2, -0.15) is 4.98 Å². The zero-order chi connectivity index (χ0) is 16.4. The van der Waals surface area contributed by atoms with E-state index in [2.05, 4.69) is 15.2 Å². The summed E-state index contributed by atoms with van der Waals surface area (Å²) in [6.45, 7) is 4.36. The maximum Gasteiger partial charge on any atom is 0.231 e. The molecule has 0 radical (unpaired) electrons. The molecular weight excluding hydrogens is 304 g/mol. The zero-order valence-corrected chi connectivity index (χ0v) is 13.9. The summed E-state index contributed by atoms with van der Waals surface area (Å²) >= 11 is 0. The van der Waals surface area contributed by atoms with Gasteiger partial charge in [0, 0.05) is 36.6 Å². The highest BCUT2D eigenvalue weighted by atomic mass is 16.7. The van der Waals surface area contributed by atoms with Crippen LogP contribution in [0, 0.1) is 6.92 Å². The smallest absolute Gasteiger partial charge is 0.231 e. The van der Waals surface area contributed by atoms with Crippen LogP contribution in [-0.2, 0) is 0 Å². The van der Waals surface area contributed by atoms with E-state index in [1.54, 1.807) is 0 Å². The van der Waals surface area contributed by atoms with Crippen molar-refractivity contribution in [2.45, 2.75) is 32.6 Å². The maximum absolute atomic E-state index is 5.43. The van der Waals surface area contributed by atoms with Crippen LogP contribution in [0.3, 0.4) is 0 Å². The Labute approximate surface area is 141 Å². The fraction of sp³-hybridized carbons (Fsp3) is 0.444. The van der Waals surface area contributed by atoms with Crippen LogP contribution in [0.2, 0.25) is 0 Å². The van der Waals surface area contributed by atoms with Crippen molar-refractivity contribution >= 4 is 17.5 Å². The zero-order valence-electron chi connectivity index (χ0n) is 13.9. The average Bonchev–Trinajstić information content (AvgIpc) is 2.86. The second kappa shape index (κ2) is 6.55. The Bertz CT molecular complexity index is 727. The molecule has 1 aromatic heterocycles. The number of anilines is 3. The van der Waals surface area contributed by atoms with E-state index in [-0.39, 0.29) is 6.79 Å². The van der Waals surface area contributed by atoms with Gasteiger partial charge in [0.05, 0.1) is 0 Å². The number of nitrogens with zero attached hydrogens (tertiary/aromatic N) is 3. The molecule has 0 saturated carbocycles. The van der Waals surface area contributed by atoms with E-state index in [9.17, 15) is 0 Å². The monoisotopic (exact) mass is 326 g/mol. The molecule has 4 rings (SSSR count). The molecule has 0 bridgehead atoms. The number of benzene rings is 1. The number of rotatable bonds is 3. The molecule has 0 aliphatic carbocycles. The quantitative estimate of drug-likeness (QED) is 0.929. The first-order valence-corrected chi connectivity index (χ1v) is 8.55. The highest BCUT2D eigenvalue weighted by molar-refractivity contribution is 5.62. The van der Waals surface area contributed by atoms with Crippen LogP contribution < -0.4 is 19.7 Å². The van der Waals surface area contributed by atoms with E-state index in [1.165, 1.54) is 25.7 Å². The molecule has 2 aromatic rings. The van der Waals surface area contributed by atoms with Gasteiger partial charge in [-0.25, -0.2) is 4.98 Å². The largest absolute Gasteiger partial charge is 0.454 e. The molecule has 24 heavy (non-hydrogen) atoms. The first-order valence-electron chi connectivity index (χ1n) is 8.55. The molecule has 0 amide bonds. The Balaban J connectivity index is 1.56. The average molecular weight is 326 g/mol. The summed E-state index contributed by atoms with van der Waals surface area (Å²) in [6.07, 6.45) is 5.01. The van der Waals surface area contributed by atoms with E-state index in [4.69, 9.17) is 14.5 Å². The van der Waals surface area contributed by atoms with Crippen molar-refractivity contribution in [3.63, 3.8) is 0 Å². The Morgan fingerprint density at radius 1 is 0.958 bits per heavy atom. The van der Waals surface area contributed by atoms with Crippen LogP contribution in [0.1, 0.15) is 31.4 Å². The summed E-state index contributed by atoms with van der Waals surface area (Å²) < 4.78 is 10.8. The summed E-state index contributed by atoms with van der Waals surface area (Å²) in [4.78, 5) is 11.6. The molecule has 1 aromatic carbocycles. The first kappa shape index (κ1) is 15.1. The van der Waals surface area contributed by atoms with Gasteiger partial charge in [-0.3, -0.25) is 0 Å². The van der Waals surface area contributed by atoms with Crippen LogP contribution in [0.4, 0.5) is 17.5 Å². The number of aryl methyl sites for hydroxylation is 1. The van der Waals surface area contributed by atoms with Gasteiger partial charge in [-0.15, -0.1) is 0 Å². The van der Waals surface area contributed by atoms with Crippen molar-refractivity contribution in [1.29, 1.82) is 0 Å². The van der Waals surface area contributed by atoms with E-state index in [0.29, 0.717) is 0 Å². The fourth-order valence-electron chi connectivity index (χ4n) is 3.15. The Morgan fingerprint density at radius 3 is 2.58 bits per heavy atom. The van der Waals surface area contributed by atoms with Gasteiger partial charge in [0.2, 0.25) is 12.7 Å². The molecule has 0 atom stereocenters. The molecular formula is C18H22N4O2. The lowest BCUT2D eigenvalue weighted by molar-refractivity contribution is 0.174. The van der Waals surface area contributed by atoms with Crippen molar-refractivity contribution in [3.8, 4) is 11.5 Å². The van der Waals surface area contributed by atoms with Crippen LogP contribution in [-0.4, -0.2) is 29.9 Å². The molecule has 2 aliphatic rings. The first-order chi connectivity index (χ1) is 11.8. The van der Waals surface area contributed by atoms with Crippen molar-refractivity contribution in [2.75, 3.05) is 30.1 Å². The van der Waals surface area contributed by atoms with Crippen molar-refractivity contribution in [3.05, 3.63) is 30.0 Å². The molecule has 6 nitrogen and oxygen atoms in total. The SMILES string of the molecule is Cc1cc(Nc2ccc3c(c2)OCO3)nc(N2CCCCCC2)n1. The molecule has 1 saturated heterocycles. The normalized spacial score (nSPS) is 16.8. The number of ether oxygens (including phenoxy) is 2. The predicted molar refractivity (Wildman–Crippen MR) is 93.3 cm³/mol. The van der Waals surface area contributed by atoms with Crippen LogP contribution in [0.25, 0.3) is 0 Å². The molecule has 1 fully saturated rings. The van der Waals surface area contributed by atoms with Crippen LogP contribution in [0.5, 0.6) is 11.5 Å². The maximum atomic E-state index is 5.43. The molecule has 2 aliphatic heterocycles. The van der Waals surface area contributed by atoms with E-state index < -0.39 is 0 Å². The molecule has 126 valence electrons. The van der Waals surface area contributed by atoms with Crippen molar-refractivity contribution in [2.24, 2.45) is 0 Å². The summed E-state index contributed by atoms with van der Waals surface area (Å²) in [7, 11) is 0. The fourth-order valence-corrected chi connectivity index (χ4v) is 3.15. The summed E-state index contributed by atoms with van der Waals surface area (Å²) in [5.41, 5.74) is 1.90. The van der Waals surface area contributed by atoms with Gasteiger partial charge in [0.25, 0.3) is 0 Å². The number of nitrogens with one attached hydrogen (secondary N) is 1. The second-order valence-electron chi connectivity index (χ2n) is 6.29. The third-order valence-corrected chi connectivity index (χ3v) is 4.38. The molecule has 0 spiro atoms. The minimum atomic E-state index is 0.282. The lowest BCUT2D eigenvalue weighted by Crippen LogP contribution is -2.26. The Hall–Kier alpha value is -2.50. The molecule has 1 N–H and O–H groups in total. The predicted octanol–water partition coefficient (Wildman–Crippen LogP) is 3.64. The number of hydrogen-bond acceptors (Lipinski definition) is 6. The van der Waals surface area contributed by atoms with Gasteiger partial charge in [0.15, 0.2) is 11.5 Å². The van der Waals surface area contributed by atoms with Crippen LogP contribution in [0.15, 0.2) is 24.3 Å². The number of aromatic nitrogens is 2. The lowest BCUT2D eigenvalue weighted by atomic mass is 10.2. The number of hydrogen-bond donors (Lipinski definition) is 1. The van der Waals surface area contributed by atoms with Crippen LogP contribution >= 0.6 is 0 Å².